The summed E-state index contributed by atoms with van der Waals surface area (Å²) in [5, 5.41) is 0. The molecule has 3 rings (SSSR count). The summed E-state index contributed by atoms with van der Waals surface area (Å²) in [4.78, 5) is 0. The number of hydrogen-bond acceptors (Lipinski definition) is 6. The van der Waals surface area contributed by atoms with Gasteiger partial charge in [-0.25, -0.2) is 0 Å². The van der Waals surface area contributed by atoms with Crippen molar-refractivity contribution in [3.8, 4) is 0 Å². The van der Waals surface area contributed by atoms with Crippen molar-refractivity contribution in [3.05, 3.63) is 0 Å². The smallest absolute Gasteiger partial charge is 0.190 e. The number of rotatable bonds is 8. The van der Waals surface area contributed by atoms with Crippen molar-refractivity contribution in [1.82, 2.24) is 0 Å². The van der Waals surface area contributed by atoms with Crippen molar-refractivity contribution in [2.24, 2.45) is 0 Å². The Morgan fingerprint density at radius 3 is 2.46 bits per heavy atom. The maximum Gasteiger partial charge on any atom is 0.190 e. The first kappa shape index (κ1) is 18.5. The lowest BCUT2D eigenvalue weighted by atomic mass is 10.0. The molecule has 6 nitrogen and oxygen atoms in total. The third kappa shape index (κ3) is 4.11. The van der Waals surface area contributed by atoms with Gasteiger partial charge in [-0.2, -0.15) is 0 Å². The molecule has 0 aromatic heterocycles. The molecule has 3 aliphatic heterocycles. The van der Waals surface area contributed by atoms with Crippen LogP contribution in [-0.2, 0) is 28.4 Å². The van der Waals surface area contributed by atoms with Crippen LogP contribution in [0, 0.1) is 0 Å². The number of fused-ring (bicyclic) bond motifs is 3. The highest BCUT2D eigenvalue weighted by atomic mass is 16.9. The summed E-state index contributed by atoms with van der Waals surface area (Å²) in [7, 11) is 0. The van der Waals surface area contributed by atoms with Gasteiger partial charge in [0.2, 0.25) is 0 Å². The molecule has 3 aliphatic rings. The van der Waals surface area contributed by atoms with Gasteiger partial charge in [0.1, 0.15) is 24.4 Å². The third-order valence-electron chi connectivity index (χ3n) is 4.79. The molecule has 0 spiro atoms. The molecular formula is C18H32O6. The molecule has 140 valence electrons. The molecule has 0 aliphatic carbocycles. The van der Waals surface area contributed by atoms with Gasteiger partial charge in [-0.15, -0.1) is 0 Å². The van der Waals surface area contributed by atoms with Crippen molar-refractivity contribution >= 4 is 0 Å². The van der Waals surface area contributed by atoms with Crippen LogP contribution in [0.25, 0.3) is 0 Å². The van der Waals surface area contributed by atoms with Gasteiger partial charge in [-0.1, -0.05) is 33.1 Å². The molecule has 0 aromatic carbocycles. The Labute approximate surface area is 145 Å². The average molecular weight is 344 g/mol. The zero-order valence-corrected chi connectivity index (χ0v) is 15.4. The highest BCUT2D eigenvalue weighted by Crippen LogP contribution is 2.42. The fourth-order valence-corrected chi connectivity index (χ4v) is 3.59. The molecule has 1 unspecified atom stereocenters. The minimum Gasteiger partial charge on any atom is -0.379 e. The van der Waals surface area contributed by atoms with Crippen LogP contribution < -0.4 is 0 Å². The van der Waals surface area contributed by atoms with E-state index in [1.807, 2.05) is 13.8 Å². The standard InChI is InChI=1S/C18H32O6/c1-5-7-8-9-10-19-11-12-14-15(21-13(6-2)20-12)16-17(22-14)24-18(3,4)23-16/h12-17H,5-11H2,1-4H3/t12-,13?,14-,15+,16-,17-/m1/s1. The van der Waals surface area contributed by atoms with Crippen LogP contribution in [0.2, 0.25) is 0 Å². The Kier molecular flexibility index (Phi) is 6.16. The van der Waals surface area contributed by atoms with E-state index in [9.17, 15) is 0 Å². The largest absolute Gasteiger partial charge is 0.379 e. The lowest BCUT2D eigenvalue weighted by Crippen LogP contribution is -2.53. The zero-order valence-electron chi connectivity index (χ0n) is 15.4. The Morgan fingerprint density at radius 2 is 1.71 bits per heavy atom. The fourth-order valence-electron chi connectivity index (χ4n) is 3.59. The summed E-state index contributed by atoms with van der Waals surface area (Å²) >= 11 is 0. The zero-order chi connectivity index (χ0) is 17.2. The van der Waals surface area contributed by atoms with E-state index in [1.54, 1.807) is 0 Å². The summed E-state index contributed by atoms with van der Waals surface area (Å²) in [6, 6.07) is 0. The minimum absolute atomic E-state index is 0.138. The molecule has 0 bridgehead atoms. The molecule has 0 amide bonds. The van der Waals surface area contributed by atoms with Crippen LogP contribution in [0.1, 0.15) is 59.8 Å². The van der Waals surface area contributed by atoms with Gasteiger partial charge in [-0.3, -0.25) is 0 Å². The van der Waals surface area contributed by atoms with Gasteiger partial charge >= 0.3 is 0 Å². The highest BCUT2D eigenvalue weighted by Gasteiger charge is 2.59. The second kappa shape index (κ2) is 7.98. The van der Waals surface area contributed by atoms with E-state index < -0.39 is 5.79 Å². The molecular weight excluding hydrogens is 312 g/mol. The number of unbranched alkanes of at least 4 members (excludes halogenated alkanes) is 3. The summed E-state index contributed by atoms with van der Waals surface area (Å²) < 4.78 is 35.8. The van der Waals surface area contributed by atoms with Crippen LogP contribution in [-0.4, -0.2) is 56.0 Å². The predicted molar refractivity (Wildman–Crippen MR) is 87.5 cm³/mol. The number of ether oxygens (including phenoxy) is 6. The van der Waals surface area contributed by atoms with Gasteiger partial charge in [-0.05, 0) is 26.7 Å². The summed E-state index contributed by atoms with van der Waals surface area (Å²) in [5.74, 6) is -0.630. The van der Waals surface area contributed by atoms with Crippen molar-refractivity contribution in [3.63, 3.8) is 0 Å². The minimum atomic E-state index is -0.630. The van der Waals surface area contributed by atoms with Gasteiger partial charge in [0.05, 0.1) is 6.61 Å². The Hall–Kier alpha value is -0.240. The van der Waals surface area contributed by atoms with Gasteiger partial charge < -0.3 is 28.4 Å². The van der Waals surface area contributed by atoms with Crippen LogP contribution in [0.15, 0.2) is 0 Å². The molecule has 3 heterocycles. The van der Waals surface area contributed by atoms with Gasteiger partial charge in [0.25, 0.3) is 0 Å². The monoisotopic (exact) mass is 344 g/mol. The highest BCUT2D eigenvalue weighted by molar-refractivity contribution is 4.99. The molecule has 0 N–H and O–H groups in total. The first-order valence-corrected chi connectivity index (χ1v) is 9.44. The van der Waals surface area contributed by atoms with Crippen LogP contribution in [0.4, 0.5) is 0 Å². The summed E-state index contributed by atoms with van der Waals surface area (Å²) in [6.45, 7) is 9.35. The first-order valence-electron chi connectivity index (χ1n) is 9.44. The molecule has 6 atom stereocenters. The summed E-state index contributed by atoms with van der Waals surface area (Å²) in [5.41, 5.74) is 0. The van der Waals surface area contributed by atoms with Crippen LogP contribution >= 0.6 is 0 Å². The van der Waals surface area contributed by atoms with Crippen LogP contribution in [0.5, 0.6) is 0 Å². The predicted octanol–water partition coefficient (Wildman–Crippen LogP) is 2.98. The van der Waals surface area contributed by atoms with Gasteiger partial charge in [0, 0.05) is 6.61 Å². The van der Waals surface area contributed by atoms with Gasteiger partial charge in [0.15, 0.2) is 18.4 Å². The molecule has 3 saturated heterocycles. The molecule has 0 saturated carbocycles. The quantitative estimate of drug-likeness (QED) is 0.631. The van der Waals surface area contributed by atoms with Crippen molar-refractivity contribution in [2.75, 3.05) is 13.2 Å². The van der Waals surface area contributed by atoms with E-state index in [-0.39, 0.29) is 37.0 Å². The maximum atomic E-state index is 6.05. The lowest BCUT2D eigenvalue weighted by Gasteiger charge is -2.39. The lowest BCUT2D eigenvalue weighted by molar-refractivity contribution is -0.311. The van der Waals surface area contributed by atoms with Crippen molar-refractivity contribution in [1.29, 1.82) is 0 Å². The average Bonchev–Trinajstić information content (AvgIpc) is 3.02. The van der Waals surface area contributed by atoms with E-state index in [4.69, 9.17) is 28.4 Å². The van der Waals surface area contributed by atoms with E-state index in [0.29, 0.717) is 6.61 Å². The molecule has 3 fully saturated rings. The summed E-state index contributed by atoms with van der Waals surface area (Å²) in [6.07, 6.45) is 4.26. The van der Waals surface area contributed by atoms with Crippen molar-refractivity contribution in [2.45, 2.75) is 103 Å². The SMILES string of the molecule is CCCCCCOC[C@H]1OC(CC)O[C@@H]2[C@H]3OC(C)(C)O[C@H]3O[C@@H]21. The second-order valence-corrected chi connectivity index (χ2v) is 7.32. The normalized spacial score (nSPS) is 40.5. The first-order chi connectivity index (χ1) is 11.5. The van der Waals surface area contributed by atoms with E-state index in [1.165, 1.54) is 19.3 Å². The molecule has 24 heavy (non-hydrogen) atoms. The van der Waals surface area contributed by atoms with Crippen molar-refractivity contribution < 1.29 is 28.4 Å². The Balaban J connectivity index is 1.53. The Morgan fingerprint density at radius 1 is 0.875 bits per heavy atom. The molecule has 0 aromatic rings. The third-order valence-corrected chi connectivity index (χ3v) is 4.79. The van der Waals surface area contributed by atoms with E-state index >= 15 is 0 Å². The second-order valence-electron chi connectivity index (χ2n) is 7.32. The molecule has 0 radical (unpaired) electrons. The fraction of sp³-hybridized carbons (Fsp3) is 1.00. The van der Waals surface area contributed by atoms with E-state index in [0.717, 1.165) is 19.4 Å². The number of hydrogen-bond donors (Lipinski definition) is 0. The van der Waals surface area contributed by atoms with E-state index in [2.05, 4.69) is 13.8 Å². The Bertz CT molecular complexity index is 401. The van der Waals surface area contributed by atoms with Crippen LogP contribution in [0.3, 0.4) is 0 Å². The maximum absolute atomic E-state index is 6.05. The molecule has 6 heteroatoms. The topological polar surface area (TPSA) is 55.4 Å².